The summed E-state index contributed by atoms with van der Waals surface area (Å²) in [5.74, 6) is -0.388. The highest BCUT2D eigenvalue weighted by molar-refractivity contribution is 6.35. The molecule has 1 heterocycles. The van der Waals surface area contributed by atoms with E-state index in [9.17, 15) is 9.18 Å². The Balaban J connectivity index is 0.00000122. The molecular formula is C23H23Cl2FN4O3. The number of nitrogens with one attached hydrogen (secondary N) is 1. The van der Waals surface area contributed by atoms with E-state index in [1.165, 1.54) is 6.20 Å². The van der Waals surface area contributed by atoms with Gasteiger partial charge in [-0.3, -0.25) is 4.79 Å². The molecule has 1 amide bonds. The van der Waals surface area contributed by atoms with E-state index in [2.05, 4.69) is 15.3 Å². The van der Waals surface area contributed by atoms with Gasteiger partial charge in [-0.05, 0) is 61.4 Å². The number of benzene rings is 2. The van der Waals surface area contributed by atoms with Crippen molar-refractivity contribution in [3.05, 3.63) is 75.2 Å². The zero-order chi connectivity index (χ0) is 24.4. The number of anilines is 1. The van der Waals surface area contributed by atoms with Crippen molar-refractivity contribution in [3.63, 3.8) is 0 Å². The summed E-state index contributed by atoms with van der Waals surface area (Å²) in [5, 5.41) is 14.1. The molecule has 0 radical (unpaired) electrons. The number of hydrogen-bond donors (Lipinski definition) is 2. The Kier molecular flexibility index (Phi) is 10.2. The first-order valence-corrected chi connectivity index (χ1v) is 10.7. The van der Waals surface area contributed by atoms with Crippen molar-refractivity contribution < 1.29 is 24.4 Å². The first-order chi connectivity index (χ1) is 15.8. The molecule has 0 saturated heterocycles. The van der Waals surface area contributed by atoms with Gasteiger partial charge in [-0.15, -0.1) is 0 Å². The average molecular weight is 493 g/mol. The van der Waals surface area contributed by atoms with Crippen molar-refractivity contribution in [2.24, 2.45) is 0 Å². The molecular weight excluding hydrogens is 470 g/mol. The molecule has 3 N–H and O–H groups in total. The van der Waals surface area contributed by atoms with Gasteiger partial charge in [0.05, 0.1) is 10.7 Å². The van der Waals surface area contributed by atoms with E-state index in [0.717, 1.165) is 16.7 Å². The molecule has 3 aromatic rings. The van der Waals surface area contributed by atoms with Gasteiger partial charge >= 0.3 is 0 Å². The summed E-state index contributed by atoms with van der Waals surface area (Å²) in [5.41, 5.74) is 4.76. The zero-order valence-corrected chi connectivity index (χ0v) is 19.6. The number of halogens is 3. The van der Waals surface area contributed by atoms with Crippen LogP contribution in [0.25, 0.3) is 11.3 Å². The number of rotatable bonds is 7. The fourth-order valence-electron chi connectivity index (χ4n) is 3.20. The highest BCUT2D eigenvalue weighted by atomic mass is 35.5. The number of carboxylic acid groups (broad SMARTS) is 1. The highest BCUT2D eigenvalue weighted by Crippen LogP contribution is 2.29. The van der Waals surface area contributed by atoms with Gasteiger partial charge in [0.1, 0.15) is 19.8 Å². The minimum atomic E-state index is -0.500. The van der Waals surface area contributed by atoms with E-state index >= 15 is 0 Å². The molecule has 3 rings (SSSR count). The Bertz CT molecular complexity index is 1110. The summed E-state index contributed by atoms with van der Waals surface area (Å²) in [4.78, 5) is 29.5. The van der Waals surface area contributed by atoms with Crippen LogP contribution in [0.2, 0.25) is 10.0 Å². The summed E-state index contributed by atoms with van der Waals surface area (Å²) < 4.78 is 12.3. The first kappa shape index (κ1) is 26.2. The molecule has 0 aliphatic carbocycles. The Morgan fingerprint density at radius 2 is 1.85 bits per heavy atom. The molecule has 10 heteroatoms. The van der Waals surface area contributed by atoms with E-state index in [1.54, 1.807) is 24.3 Å². The third-order valence-electron chi connectivity index (χ3n) is 4.59. The van der Waals surface area contributed by atoms with Crippen LogP contribution in [0.15, 0.2) is 42.6 Å². The molecule has 33 heavy (non-hydrogen) atoms. The lowest BCUT2D eigenvalue weighted by atomic mass is 10.0. The van der Waals surface area contributed by atoms with Crippen LogP contribution in [0.3, 0.4) is 0 Å². The molecule has 2 aromatic carbocycles. The van der Waals surface area contributed by atoms with E-state index in [1.807, 2.05) is 31.3 Å². The van der Waals surface area contributed by atoms with Gasteiger partial charge in [0.2, 0.25) is 5.82 Å². The van der Waals surface area contributed by atoms with Crippen molar-refractivity contribution in [3.8, 4) is 11.3 Å². The fourth-order valence-corrected chi connectivity index (χ4v) is 3.58. The predicted molar refractivity (Wildman–Crippen MR) is 124 cm³/mol. The fraction of sp³-hybridized carbons (Fsp3) is 0.217. The van der Waals surface area contributed by atoms with E-state index in [-0.39, 0.29) is 12.5 Å². The number of alkyl halides is 1. The second kappa shape index (κ2) is 12.8. The standard InChI is InChI=1S/C22H21Cl2FN4O.CH2O2/c1-13-9-15(12-26-8-6-25)10-14(2)20(13)29-22(30)21-27-7-5-19(28-21)17-11-16(23)3-4-18(17)24;2-1-3/h3-5,7,9-11,26H,6,8,12H2,1-2H3,(H,29,30);1H,(H,2,3). The van der Waals surface area contributed by atoms with E-state index in [4.69, 9.17) is 33.1 Å². The zero-order valence-electron chi connectivity index (χ0n) is 18.1. The van der Waals surface area contributed by atoms with Crippen LogP contribution in [-0.4, -0.2) is 35.6 Å². The number of nitrogens with two attached hydrogens (primary N) is 1. The number of amides is 1. The molecule has 0 bridgehead atoms. The smallest absolute Gasteiger partial charge is 0.293 e. The first-order valence-electron chi connectivity index (χ1n) is 9.93. The maximum atomic E-state index is 12.8. The van der Waals surface area contributed by atoms with Crippen LogP contribution in [0.4, 0.5) is 10.1 Å². The van der Waals surface area contributed by atoms with Gasteiger partial charge in [0, 0.05) is 34.5 Å². The molecule has 0 unspecified atom stereocenters. The summed E-state index contributed by atoms with van der Waals surface area (Å²) in [6, 6.07) is 10.7. The SMILES string of the molecule is Cc1cc(C[NH2+]CCF)cc(C)c1NC(=O)c1nccc(-c2cc(Cl)ccc2Cl)n1.O=C[O-]. The normalized spacial score (nSPS) is 10.2. The van der Waals surface area contributed by atoms with Gasteiger partial charge in [-0.25, -0.2) is 14.4 Å². The number of quaternary nitrogens is 1. The van der Waals surface area contributed by atoms with Crippen LogP contribution < -0.4 is 15.7 Å². The molecule has 0 saturated carbocycles. The Hall–Kier alpha value is -3.07. The molecule has 0 fully saturated rings. The summed E-state index contributed by atoms with van der Waals surface area (Å²) >= 11 is 12.3. The molecule has 1 aromatic heterocycles. The summed E-state index contributed by atoms with van der Waals surface area (Å²) in [7, 11) is 0. The quantitative estimate of drug-likeness (QED) is 0.389. The monoisotopic (exact) mass is 492 g/mol. The van der Waals surface area contributed by atoms with Gasteiger partial charge in [0.25, 0.3) is 5.91 Å². The molecule has 0 aliphatic rings. The molecule has 174 valence electrons. The van der Waals surface area contributed by atoms with Crippen LogP contribution >= 0.6 is 23.2 Å². The van der Waals surface area contributed by atoms with E-state index < -0.39 is 12.4 Å². The predicted octanol–water partition coefficient (Wildman–Crippen LogP) is 2.72. The maximum absolute atomic E-state index is 12.8. The number of carbonyl (C=O) groups excluding carboxylic acids is 2. The largest absolute Gasteiger partial charge is 0.554 e. The lowest BCUT2D eigenvalue weighted by Gasteiger charge is -2.13. The molecule has 0 spiro atoms. The van der Waals surface area contributed by atoms with E-state index in [0.29, 0.717) is 40.1 Å². The lowest BCUT2D eigenvalue weighted by molar-refractivity contribution is -0.670. The Morgan fingerprint density at radius 1 is 1.18 bits per heavy atom. The van der Waals surface area contributed by atoms with Crippen LogP contribution in [-0.2, 0) is 11.3 Å². The number of aryl methyl sites for hydroxylation is 2. The van der Waals surface area contributed by atoms with Gasteiger partial charge < -0.3 is 20.5 Å². The Morgan fingerprint density at radius 3 is 2.48 bits per heavy atom. The number of aromatic nitrogens is 2. The Labute approximate surface area is 201 Å². The maximum Gasteiger partial charge on any atom is 0.293 e. The van der Waals surface area contributed by atoms with Crippen molar-refractivity contribution in [2.75, 3.05) is 18.5 Å². The number of hydrogen-bond acceptors (Lipinski definition) is 5. The lowest BCUT2D eigenvalue weighted by Crippen LogP contribution is -2.83. The van der Waals surface area contributed by atoms with Crippen molar-refractivity contribution in [2.45, 2.75) is 20.4 Å². The molecule has 0 aliphatic heterocycles. The highest BCUT2D eigenvalue weighted by Gasteiger charge is 2.15. The van der Waals surface area contributed by atoms with Gasteiger partial charge in [0.15, 0.2) is 0 Å². The van der Waals surface area contributed by atoms with Crippen LogP contribution in [0.1, 0.15) is 27.3 Å². The van der Waals surface area contributed by atoms with Crippen LogP contribution in [0, 0.1) is 13.8 Å². The second-order valence-electron chi connectivity index (χ2n) is 7.02. The third kappa shape index (κ3) is 7.49. The topological polar surface area (TPSA) is 112 Å². The third-order valence-corrected chi connectivity index (χ3v) is 5.15. The number of nitrogens with zero attached hydrogens (tertiary/aromatic N) is 2. The number of carbonyl (C=O) groups is 2. The van der Waals surface area contributed by atoms with Crippen molar-refractivity contribution in [1.82, 2.24) is 9.97 Å². The second-order valence-corrected chi connectivity index (χ2v) is 7.86. The minimum Gasteiger partial charge on any atom is -0.554 e. The molecule has 7 nitrogen and oxygen atoms in total. The van der Waals surface area contributed by atoms with Gasteiger partial charge in [-0.1, -0.05) is 23.2 Å². The van der Waals surface area contributed by atoms with Crippen molar-refractivity contribution in [1.29, 1.82) is 0 Å². The summed E-state index contributed by atoms with van der Waals surface area (Å²) in [6.45, 7) is 4.10. The minimum absolute atomic E-state index is 0.0303. The summed E-state index contributed by atoms with van der Waals surface area (Å²) in [6.07, 6.45) is 1.51. The van der Waals surface area contributed by atoms with Crippen molar-refractivity contribution >= 4 is 41.3 Å². The van der Waals surface area contributed by atoms with Crippen LogP contribution in [0.5, 0.6) is 0 Å². The molecule has 0 atom stereocenters. The average Bonchev–Trinajstić information content (AvgIpc) is 2.78. The van der Waals surface area contributed by atoms with Gasteiger partial charge in [-0.2, -0.15) is 0 Å².